The second-order valence-corrected chi connectivity index (χ2v) is 13.3. The summed E-state index contributed by atoms with van der Waals surface area (Å²) in [6.45, 7) is 58.2. The third kappa shape index (κ3) is 13.3. The normalized spacial score (nSPS) is 13.1. The molecule has 0 unspecified atom stereocenters. The number of hydrogen-bond donors (Lipinski definition) is 0. The van der Waals surface area contributed by atoms with Crippen molar-refractivity contribution in [3.05, 3.63) is 150 Å². The van der Waals surface area contributed by atoms with Crippen molar-refractivity contribution in [3.63, 3.8) is 0 Å². The van der Waals surface area contributed by atoms with E-state index in [9.17, 15) is 4.79 Å². The summed E-state index contributed by atoms with van der Waals surface area (Å²) in [5.74, 6) is 9.62. The molecule has 2 aromatic carbocycles. The van der Waals surface area contributed by atoms with Gasteiger partial charge in [0.25, 0.3) is 0 Å². The SMILES string of the molecule is C#CC(C)(C#C)c1cc(N2C(=C)C(C)=C(C)N(C)C2=C)c(C)cc1C.C#CC[CH2+].C=C.C=C1C(C)=C(C)N(C)C(=C)N1c1cc(C(C)=O)c(C)cc1C.CC.CC.CC. The molecule has 2 aliphatic heterocycles. The predicted octanol–water partition coefficient (Wildman–Crippen LogP) is 14.1. The van der Waals surface area contributed by atoms with Crippen molar-refractivity contribution < 1.29 is 4.79 Å². The highest BCUT2D eigenvalue weighted by atomic mass is 16.1. The predicted molar refractivity (Wildman–Crippen MR) is 265 cm³/mol. The van der Waals surface area contributed by atoms with Crippen LogP contribution >= 0.6 is 0 Å². The van der Waals surface area contributed by atoms with Crippen molar-refractivity contribution >= 4 is 17.2 Å². The van der Waals surface area contributed by atoms with Gasteiger partial charge in [0, 0.05) is 42.4 Å². The lowest BCUT2D eigenvalue weighted by Gasteiger charge is -2.41. The summed E-state index contributed by atoms with van der Waals surface area (Å²) in [7, 11) is 4.01. The van der Waals surface area contributed by atoms with Crippen LogP contribution in [0.1, 0.15) is 128 Å². The number of rotatable bonds is 4. The minimum Gasteiger partial charge on any atom is -0.335 e. The molecule has 0 amide bonds. The molecule has 4 rings (SSSR count). The summed E-state index contributed by atoms with van der Waals surface area (Å²) in [6.07, 6.45) is 16.8. The maximum atomic E-state index is 11.9. The summed E-state index contributed by atoms with van der Waals surface area (Å²) in [4.78, 5) is 20.1. The third-order valence-electron chi connectivity index (χ3n) is 10.00. The zero-order valence-electron chi connectivity index (χ0n) is 40.4. The van der Waals surface area contributed by atoms with Crippen LogP contribution in [0, 0.1) is 71.7 Å². The maximum Gasteiger partial charge on any atom is 0.160 e. The Bertz CT molecular complexity index is 2000. The number of nitrogens with zero attached hydrogens (tertiary/aromatic N) is 4. The number of allylic oxidation sites excluding steroid dienone is 4. The molecule has 0 saturated carbocycles. The van der Waals surface area contributed by atoms with Gasteiger partial charge in [-0.1, -0.05) is 97.8 Å². The van der Waals surface area contributed by atoms with Crippen molar-refractivity contribution in [2.24, 2.45) is 0 Å². The first-order valence-corrected chi connectivity index (χ1v) is 20.3. The van der Waals surface area contributed by atoms with Gasteiger partial charge in [0.1, 0.15) is 23.5 Å². The van der Waals surface area contributed by atoms with Crippen molar-refractivity contribution in [3.8, 4) is 37.0 Å². The molecule has 0 N–H and O–H groups in total. The average molecular weight is 798 g/mol. The zero-order valence-corrected chi connectivity index (χ0v) is 40.4. The molecule has 0 saturated heterocycles. The highest BCUT2D eigenvalue weighted by molar-refractivity contribution is 5.97. The van der Waals surface area contributed by atoms with Crippen molar-refractivity contribution in [2.45, 2.75) is 123 Å². The number of ketones is 1. The van der Waals surface area contributed by atoms with Crippen LogP contribution in [0.3, 0.4) is 0 Å². The lowest BCUT2D eigenvalue weighted by molar-refractivity contribution is 0.101. The summed E-state index contributed by atoms with van der Waals surface area (Å²) in [5, 5.41) is 0. The van der Waals surface area contributed by atoms with Crippen molar-refractivity contribution in [1.82, 2.24) is 9.80 Å². The van der Waals surface area contributed by atoms with Gasteiger partial charge in [-0.15, -0.1) is 32.4 Å². The lowest BCUT2D eigenvalue weighted by atomic mass is 9.80. The van der Waals surface area contributed by atoms with E-state index in [2.05, 4.69) is 126 Å². The van der Waals surface area contributed by atoms with Gasteiger partial charge >= 0.3 is 0 Å². The molecule has 0 spiro atoms. The Balaban J connectivity index is -0.000000846. The van der Waals surface area contributed by atoms with Gasteiger partial charge in [0.2, 0.25) is 0 Å². The molecular formula is C54H77N4O+. The number of carbonyl (C=O) groups is 1. The van der Waals surface area contributed by atoms with Crippen LogP contribution in [0.25, 0.3) is 0 Å². The number of anilines is 2. The Morgan fingerprint density at radius 3 is 1.27 bits per heavy atom. The third-order valence-corrected chi connectivity index (χ3v) is 10.00. The topological polar surface area (TPSA) is 30.0 Å². The van der Waals surface area contributed by atoms with E-state index >= 15 is 0 Å². The molecule has 59 heavy (non-hydrogen) atoms. The van der Waals surface area contributed by atoms with Gasteiger partial charge < -0.3 is 9.80 Å². The van der Waals surface area contributed by atoms with Gasteiger partial charge in [0.15, 0.2) is 5.78 Å². The standard InChI is InChI=1S/C23H26N2.C19H24N2O.C4H5.3C2H6.C2H4/c1-11-23(9,12-2)21-14-22(16(4)13-15(21)3)25-19(7)17(5)18(6)24(10)20(25)8;1-11-9-12(2)19(10-18(11)16(6)22)21-15(5)13(3)14(4)20(8)17(21)7;1-3-4-2;4*1-2/h1-2,13-14H,7-8H2,3-6,9-10H3;9-10H,5,7H2,1-4,6,8H3;1H,2,4H2;3*1-2H3;1-2H2/q;;+1;;;;. The molecule has 0 aromatic heterocycles. The largest absolute Gasteiger partial charge is 0.335 e. The second-order valence-electron chi connectivity index (χ2n) is 13.3. The van der Waals surface area contributed by atoms with E-state index in [1.54, 1.807) is 6.92 Å². The number of hydrogen-bond acceptors (Lipinski definition) is 5. The fourth-order valence-electron chi connectivity index (χ4n) is 6.10. The molecule has 0 fully saturated rings. The van der Waals surface area contributed by atoms with Crippen LogP contribution in [0.4, 0.5) is 11.4 Å². The Morgan fingerprint density at radius 1 is 0.644 bits per heavy atom. The number of terminal acetylenes is 3. The van der Waals surface area contributed by atoms with E-state index in [0.717, 1.165) is 90.3 Å². The van der Waals surface area contributed by atoms with Crippen molar-refractivity contribution in [2.75, 3.05) is 23.9 Å². The minimum atomic E-state index is -0.752. The highest BCUT2D eigenvalue weighted by Gasteiger charge is 2.31. The van der Waals surface area contributed by atoms with Gasteiger partial charge in [-0.25, -0.2) is 0 Å². The van der Waals surface area contributed by atoms with Gasteiger partial charge in [-0.3, -0.25) is 14.6 Å². The molecule has 0 radical (unpaired) electrons. The van der Waals surface area contributed by atoms with E-state index in [1.165, 1.54) is 0 Å². The molecule has 2 aromatic rings. The van der Waals surface area contributed by atoms with Crippen LogP contribution in [0.5, 0.6) is 0 Å². The lowest BCUT2D eigenvalue weighted by Crippen LogP contribution is -2.37. The van der Waals surface area contributed by atoms with Crippen molar-refractivity contribution in [1.29, 1.82) is 0 Å². The molecule has 5 heteroatoms. The van der Waals surface area contributed by atoms with Crippen LogP contribution in [0.2, 0.25) is 0 Å². The van der Waals surface area contributed by atoms with Crippen LogP contribution in [-0.4, -0.2) is 29.7 Å². The molecule has 0 atom stereocenters. The minimum absolute atomic E-state index is 0.0729. The number of benzene rings is 2. The average Bonchev–Trinajstić information content (AvgIpc) is 3.25. The molecule has 2 aliphatic rings. The van der Waals surface area contributed by atoms with Crippen LogP contribution in [-0.2, 0) is 5.41 Å². The Kier molecular flexibility index (Phi) is 26.1. The first kappa shape index (κ1) is 57.4. The molecule has 0 bridgehead atoms. The van der Waals surface area contributed by atoms with E-state index in [0.29, 0.717) is 6.42 Å². The second kappa shape index (κ2) is 26.9. The van der Waals surface area contributed by atoms with Gasteiger partial charge in [0.05, 0.1) is 18.3 Å². The van der Waals surface area contributed by atoms with E-state index in [-0.39, 0.29) is 5.78 Å². The van der Waals surface area contributed by atoms with Gasteiger partial charge in [-0.05, 0) is 120 Å². The summed E-state index contributed by atoms with van der Waals surface area (Å²) in [6, 6.07) is 8.21. The first-order valence-electron chi connectivity index (χ1n) is 20.3. The number of Topliss-reactive ketones (excluding diaryl/α,β-unsaturated/α-hetero) is 1. The molecule has 0 aliphatic carbocycles. The monoisotopic (exact) mass is 798 g/mol. The fraction of sp³-hybridized carbons (Fsp3) is 0.370. The van der Waals surface area contributed by atoms with Gasteiger partial charge in [-0.2, -0.15) is 0 Å². The molecule has 5 nitrogen and oxygen atoms in total. The van der Waals surface area contributed by atoms with E-state index < -0.39 is 5.41 Å². The Labute approximate surface area is 363 Å². The highest BCUT2D eigenvalue weighted by Crippen LogP contribution is 2.40. The Morgan fingerprint density at radius 2 is 0.966 bits per heavy atom. The molecule has 318 valence electrons. The first-order chi connectivity index (χ1) is 27.7. The number of aryl methyl sites for hydroxylation is 4. The molecule has 2 heterocycles. The van der Waals surface area contributed by atoms with E-state index in [1.807, 2.05) is 100 Å². The molecular weight excluding hydrogens is 721 g/mol. The summed E-state index contributed by atoms with van der Waals surface area (Å²) >= 11 is 0. The zero-order chi connectivity index (χ0) is 47.3. The number of carbonyl (C=O) groups excluding carboxylic acids is 1. The Hall–Kier alpha value is -5.96. The smallest absolute Gasteiger partial charge is 0.160 e. The van der Waals surface area contributed by atoms with E-state index in [4.69, 9.17) is 19.3 Å². The fourth-order valence-corrected chi connectivity index (χ4v) is 6.10. The maximum absolute atomic E-state index is 11.9. The van der Waals surface area contributed by atoms with Crippen LogP contribution in [0.15, 0.2) is 109 Å². The van der Waals surface area contributed by atoms with Crippen LogP contribution < -0.4 is 9.80 Å². The quantitative estimate of drug-likeness (QED) is 0.133. The summed E-state index contributed by atoms with van der Waals surface area (Å²) < 4.78 is 0. The summed E-state index contributed by atoms with van der Waals surface area (Å²) in [5.41, 5.74) is 13.6.